The number of nitrogens with one attached hydrogen (secondary N) is 1. The van der Waals surface area contributed by atoms with Gasteiger partial charge < -0.3 is 16.2 Å². The number of nitrogens with two attached hydrogens (primary N) is 1. The highest BCUT2D eigenvalue weighted by Crippen LogP contribution is 2.13. The first-order valence-corrected chi connectivity index (χ1v) is 5.49. The minimum Gasteiger partial charge on any atom is -0.480 e. The summed E-state index contributed by atoms with van der Waals surface area (Å²) in [6.07, 6.45) is 1.45. The lowest BCUT2D eigenvalue weighted by Crippen LogP contribution is -2.53. The summed E-state index contributed by atoms with van der Waals surface area (Å²) in [5, 5.41) is 11.8. The van der Waals surface area contributed by atoms with Crippen LogP contribution in [0.4, 0.5) is 0 Å². The van der Waals surface area contributed by atoms with Crippen molar-refractivity contribution < 1.29 is 14.7 Å². The first-order valence-electron chi connectivity index (χ1n) is 5.08. The fourth-order valence-corrected chi connectivity index (χ4v) is 1.33. The van der Waals surface area contributed by atoms with Gasteiger partial charge in [0.25, 0.3) is 0 Å². The zero-order valence-corrected chi connectivity index (χ0v) is 10.4. The average Bonchev–Trinajstić information content (AvgIpc) is 2.15. The van der Waals surface area contributed by atoms with E-state index >= 15 is 0 Å². The predicted octanol–water partition coefficient (Wildman–Crippen LogP) is 0.465. The SMILES string of the molecule is CC(=O)[C@](N)(CCCCNC(C)=S)C(=O)O. The highest BCUT2D eigenvalue weighted by Gasteiger charge is 2.38. The van der Waals surface area contributed by atoms with E-state index in [4.69, 9.17) is 23.1 Å². The van der Waals surface area contributed by atoms with Crippen molar-refractivity contribution in [3.8, 4) is 0 Å². The van der Waals surface area contributed by atoms with Gasteiger partial charge in [0, 0.05) is 6.54 Å². The molecule has 0 aliphatic rings. The summed E-state index contributed by atoms with van der Waals surface area (Å²) in [7, 11) is 0. The molecule has 0 saturated heterocycles. The van der Waals surface area contributed by atoms with Crippen molar-refractivity contribution in [3.05, 3.63) is 0 Å². The van der Waals surface area contributed by atoms with Crippen LogP contribution in [0.25, 0.3) is 0 Å². The summed E-state index contributed by atoms with van der Waals surface area (Å²) < 4.78 is 0. The fraction of sp³-hybridized carbons (Fsp3) is 0.700. The molecule has 0 aromatic rings. The predicted molar refractivity (Wildman–Crippen MR) is 65.4 cm³/mol. The monoisotopic (exact) mass is 246 g/mol. The maximum Gasteiger partial charge on any atom is 0.331 e. The highest BCUT2D eigenvalue weighted by molar-refractivity contribution is 7.80. The van der Waals surface area contributed by atoms with Crippen LogP contribution in [0.1, 0.15) is 33.1 Å². The molecule has 0 fully saturated rings. The lowest BCUT2D eigenvalue weighted by atomic mass is 9.90. The van der Waals surface area contributed by atoms with Gasteiger partial charge in [0.15, 0.2) is 11.3 Å². The van der Waals surface area contributed by atoms with Crippen LogP contribution in [-0.4, -0.2) is 33.9 Å². The Kier molecular flexibility index (Phi) is 6.13. The van der Waals surface area contributed by atoms with Crippen molar-refractivity contribution >= 4 is 29.0 Å². The third-order valence-corrected chi connectivity index (χ3v) is 2.53. The molecule has 16 heavy (non-hydrogen) atoms. The molecular weight excluding hydrogens is 228 g/mol. The summed E-state index contributed by atoms with van der Waals surface area (Å²) in [6.45, 7) is 3.64. The van der Waals surface area contributed by atoms with Crippen LogP contribution in [0.2, 0.25) is 0 Å². The van der Waals surface area contributed by atoms with Gasteiger partial charge in [-0.2, -0.15) is 0 Å². The highest BCUT2D eigenvalue weighted by atomic mass is 32.1. The summed E-state index contributed by atoms with van der Waals surface area (Å²) in [5.74, 6) is -1.78. The van der Waals surface area contributed by atoms with Gasteiger partial charge >= 0.3 is 5.97 Å². The van der Waals surface area contributed by atoms with E-state index in [1.54, 1.807) is 6.92 Å². The van der Waals surface area contributed by atoms with E-state index in [1.165, 1.54) is 6.92 Å². The van der Waals surface area contributed by atoms with E-state index in [9.17, 15) is 9.59 Å². The van der Waals surface area contributed by atoms with Crippen LogP contribution < -0.4 is 11.1 Å². The Balaban J connectivity index is 4.01. The number of carboxylic acids is 1. The molecule has 6 heteroatoms. The number of carbonyl (C=O) groups excluding carboxylic acids is 1. The number of carboxylic acid groups (broad SMARTS) is 1. The van der Waals surface area contributed by atoms with Crippen molar-refractivity contribution in [2.75, 3.05) is 6.54 Å². The topological polar surface area (TPSA) is 92.4 Å². The van der Waals surface area contributed by atoms with Gasteiger partial charge in [-0.3, -0.25) is 4.79 Å². The Morgan fingerprint density at radius 2 is 1.94 bits per heavy atom. The molecule has 0 aliphatic heterocycles. The first kappa shape index (κ1) is 15.0. The number of hydrogen-bond donors (Lipinski definition) is 3. The van der Waals surface area contributed by atoms with E-state index in [0.29, 0.717) is 18.0 Å². The second-order valence-electron chi connectivity index (χ2n) is 3.77. The summed E-state index contributed by atoms with van der Waals surface area (Å²) in [4.78, 5) is 22.7. The van der Waals surface area contributed by atoms with E-state index in [2.05, 4.69) is 5.32 Å². The van der Waals surface area contributed by atoms with Gasteiger partial charge in [-0.05, 0) is 33.1 Å². The maximum absolute atomic E-state index is 11.1. The Morgan fingerprint density at radius 1 is 1.38 bits per heavy atom. The Morgan fingerprint density at radius 3 is 2.31 bits per heavy atom. The van der Waals surface area contributed by atoms with E-state index in [-0.39, 0.29) is 6.42 Å². The molecule has 0 saturated carbocycles. The van der Waals surface area contributed by atoms with Gasteiger partial charge in [-0.1, -0.05) is 12.2 Å². The molecule has 0 rings (SSSR count). The number of thiocarbonyl (C=S) groups is 1. The molecule has 0 unspecified atom stereocenters. The van der Waals surface area contributed by atoms with Crippen LogP contribution in [0.5, 0.6) is 0 Å². The lowest BCUT2D eigenvalue weighted by Gasteiger charge is -2.21. The zero-order chi connectivity index (χ0) is 12.8. The second kappa shape index (κ2) is 6.55. The third kappa shape index (κ3) is 4.67. The standard InChI is InChI=1S/C10H18N2O3S/c1-7(13)10(11,9(14)15)5-3-4-6-12-8(2)16/h3-6,11H2,1-2H3,(H,12,16)(H,14,15)/t10-/m1/s1. The molecule has 5 nitrogen and oxygen atoms in total. The molecule has 0 spiro atoms. The van der Waals surface area contributed by atoms with Crippen molar-refractivity contribution in [1.29, 1.82) is 0 Å². The van der Waals surface area contributed by atoms with E-state index < -0.39 is 17.3 Å². The van der Waals surface area contributed by atoms with Crippen molar-refractivity contribution in [1.82, 2.24) is 5.32 Å². The molecule has 0 radical (unpaired) electrons. The molecule has 0 amide bonds. The number of Topliss-reactive ketones (excluding diaryl/α,β-unsaturated/α-hetero) is 1. The third-order valence-electron chi connectivity index (χ3n) is 2.38. The number of unbranched alkanes of at least 4 members (excludes halogenated alkanes) is 1. The molecule has 92 valence electrons. The van der Waals surface area contributed by atoms with Crippen molar-refractivity contribution in [3.63, 3.8) is 0 Å². The van der Waals surface area contributed by atoms with E-state index in [1.807, 2.05) is 0 Å². The van der Waals surface area contributed by atoms with Gasteiger partial charge in [0.2, 0.25) is 0 Å². The van der Waals surface area contributed by atoms with Crippen LogP contribution in [0.3, 0.4) is 0 Å². The van der Waals surface area contributed by atoms with E-state index in [0.717, 1.165) is 6.42 Å². The molecule has 1 atom stereocenters. The molecule has 4 N–H and O–H groups in total. The largest absolute Gasteiger partial charge is 0.480 e. The Bertz CT molecular complexity index is 278. The molecule has 0 aromatic heterocycles. The fourth-order valence-electron chi connectivity index (χ4n) is 1.23. The van der Waals surface area contributed by atoms with Gasteiger partial charge in [-0.15, -0.1) is 0 Å². The summed E-state index contributed by atoms with van der Waals surface area (Å²) in [6, 6.07) is 0. The quantitative estimate of drug-likeness (QED) is 0.343. The van der Waals surface area contributed by atoms with Crippen LogP contribution >= 0.6 is 12.2 Å². The second-order valence-corrected chi connectivity index (χ2v) is 4.39. The minimum absolute atomic E-state index is 0.149. The Hall–Kier alpha value is -1.01. The molecule has 0 heterocycles. The van der Waals surface area contributed by atoms with Crippen molar-refractivity contribution in [2.24, 2.45) is 5.73 Å². The zero-order valence-electron chi connectivity index (χ0n) is 9.58. The summed E-state index contributed by atoms with van der Waals surface area (Å²) >= 11 is 4.82. The number of rotatable bonds is 7. The smallest absolute Gasteiger partial charge is 0.331 e. The number of hydrogen-bond acceptors (Lipinski definition) is 4. The average molecular weight is 246 g/mol. The molecule has 0 bridgehead atoms. The normalized spacial score (nSPS) is 13.9. The number of carbonyl (C=O) groups is 2. The summed E-state index contributed by atoms with van der Waals surface area (Å²) in [5.41, 5.74) is 3.79. The molecular formula is C10H18N2O3S. The number of ketones is 1. The Labute approximate surface area is 100 Å². The lowest BCUT2D eigenvalue weighted by molar-refractivity contribution is -0.148. The first-order chi connectivity index (χ1) is 7.30. The van der Waals surface area contributed by atoms with Gasteiger partial charge in [0.05, 0.1) is 4.99 Å². The van der Waals surface area contributed by atoms with Crippen LogP contribution in [0.15, 0.2) is 0 Å². The van der Waals surface area contributed by atoms with Gasteiger partial charge in [-0.25, -0.2) is 4.79 Å². The van der Waals surface area contributed by atoms with Crippen LogP contribution in [0, 0.1) is 0 Å². The van der Waals surface area contributed by atoms with Crippen LogP contribution in [-0.2, 0) is 9.59 Å². The molecule has 0 aliphatic carbocycles. The maximum atomic E-state index is 11.1. The number of aliphatic carboxylic acids is 1. The van der Waals surface area contributed by atoms with Gasteiger partial charge in [0.1, 0.15) is 0 Å². The van der Waals surface area contributed by atoms with Crippen molar-refractivity contribution in [2.45, 2.75) is 38.6 Å². The minimum atomic E-state index is -1.74. The molecule has 0 aromatic carbocycles.